The number of thioether (sulfide) groups is 2. The Bertz CT molecular complexity index is 521. The SMILES string of the molecule is CSc1ccc([N+](=O)[O-])c(C(=O)NC(C)C(CO)SC)c1. The smallest absolute Gasteiger partial charge is 0.282 e. The van der Waals surface area contributed by atoms with Gasteiger partial charge in [-0.15, -0.1) is 11.8 Å². The second-order valence-corrected chi connectivity index (χ2v) is 6.32. The van der Waals surface area contributed by atoms with Crippen LogP contribution in [0.15, 0.2) is 23.1 Å². The summed E-state index contributed by atoms with van der Waals surface area (Å²) >= 11 is 2.84. The minimum absolute atomic E-state index is 0.0384. The Labute approximate surface area is 131 Å². The number of hydrogen-bond donors (Lipinski definition) is 2. The lowest BCUT2D eigenvalue weighted by Crippen LogP contribution is -2.41. The molecule has 6 nitrogen and oxygen atoms in total. The van der Waals surface area contributed by atoms with E-state index in [4.69, 9.17) is 0 Å². The van der Waals surface area contributed by atoms with Crippen molar-refractivity contribution in [2.45, 2.75) is 23.1 Å². The number of benzene rings is 1. The lowest BCUT2D eigenvalue weighted by Gasteiger charge is -2.21. The van der Waals surface area contributed by atoms with Gasteiger partial charge in [0.2, 0.25) is 0 Å². The number of aliphatic hydroxyl groups excluding tert-OH is 1. The molecule has 21 heavy (non-hydrogen) atoms. The highest BCUT2D eigenvalue weighted by atomic mass is 32.2. The maximum atomic E-state index is 12.3. The van der Waals surface area contributed by atoms with Crippen molar-refractivity contribution in [1.82, 2.24) is 5.32 Å². The second kappa shape index (κ2) is 8.26. The molecule has 0 aliphatic carbocycles. The Balaban J connectivity index is 3.02. The van der Waals surface area contributed by atoms with Gasteiger partial charge in [-0.3, -0.25) is 14.9 Å². The van der Waals surface area contributed by atoms with Gasteiger partial charge >= 0.3 is 0 Å². The fraction of sp³-hybridized carbons (Fsp3) is 0.462. The summed E-state index contributed by atoms with van der Waals surface area (Å²) < 4.78 is 0. The van der Waals surface area contributed by atoms with Gasteiger partial charge in [0.25, 0.3) is 11.6 Å². The van der Waals surface area contributed by atoms with E-state index in [2.05, 4.69) is 5.32 Å². The molecule has 2 unspecified atom stereocenters. The number of aliphatic hydroxyl groups is 1. The Kier molecular flexibility index (Phi) is 7.00. The Hall–Kier alpha value is -1.25. The normalized spacial score (nSPS) is 13.5. The molecule has 0 saturated carbocycles. The summed E-state index contributed by atoms with van der Waals surface area (Å²) in [5, 5.41) is 22.8. The molecule has 8 heteroatoms. The van der Waals surface area contributed by atoms with E-state index in [0.29, 0.717) is 0 Å². The van der Waals surface area contributed by atoms with Gasteiger partial charge in [0.05, 0.1) is 11.5 Å². The van der Waals surface area contributed by atoms with Crippen molar-refractivity contribution < 1.29 is 14.8 Å². The number of carbonyl (C=O) groups is 1. The topological polar surface area (TPSA) is 92.5 Å². The molecule has 2 N–H and O–H groups in total. The molecule has 0 bridgehead atoms. The molecule has 0 radical (unpaired) electrons. The summed E-state index contributed by atoms with van der Waals surface area (Å²) in [5.74, 6) is -0.502. The lowest BCUT2D eigenvalue weighted by atomic mass is 10.1. The third kappa shape index (κ3) is 4.62. The molecular weight excluding hydrogens is 312 g/mol. The molecule has 0 spiro atoms. The molecule has 0 fully saturated rings. The zero-order valence-corrected chi connectivity index (χ0v) is 13.7. The fourth-order valence-corrected chi connectivity index (χ4v) is 2.86. The second-order valence-electron chi connectivity index (χ2n) is 4.36. The van der Waals surface area contributed by atoms with Crippen LogP contribution in [0.25, 0.3) is 0 Å². The molecular formula is C13H18N2O4S2. The minimum atomic E-state index is -0.568. The standard InChI is InChI=1S/C13H18N2O4S2/c1-8(12(7-16)21-3)14-13(17)10-6-9(20-2)4-5-11(10)15(18)19/h4-6,8,12,16H,7H2,1-3H3,(H,14,17). The number of nitrogens with zero attached hydrogens (tertiary/aromatic N) is 1. The summed E-state index contributed by atoms with van der Waals surface area (Å²) in [6, 6.07) is 4.16. The molecule has 1 aromatic rings. The van der Waals surface area contributed by atoms with Crippen LogP contribution in [0.4, 0.5) is 5.69 Å². The molecule has 1 aromatic carbocycles. The van der Waals surface area contributed by atoms with Gasteiger partial charge in [-0.2, -0.15) is 11.8 Å². The summed E-state index contributed by atoms with van der Waals surface area (Å²) in [4.78, 5) is 23.5. The average molecular weight is 330 g/mol. The van der Waals surface area contributed by atoms with Crippen LogP contribution in [0.3, 0.4) is 0 Å². The van der Waals surface area contributed by atoms with Crippen LogP contribution in [-0.2, 0) is 0 Å². The number of rotatable bonds is 7. The number of nitro groups is 1. The number of nitro benzene ring substituents is 1. The first kappa shape index (κ1) is 17.8. The van der Waals surface area contributed by atoms with Gasteiger partial charge in [0.15, 0.2) is 0 Å². The van der Waals surface area contributed by atoms with E-state index in [1.165, 1.54) is 35.7 Å². The summed E-state index contributed by atoms with van der Waals surface area (Å²) in [5.41, 5.74) is -0.182. The lowest BCUT2D eigenvalue weighted by molar-refractivity contribution is -0.385. The van der Waals surface area contributed by atoms with Crippen LogP contribution in [0, 0.1) is 10.1 Å². The highest BCUT2D eigenvalue weighted by Crippen LogP contribution is 2.25. The molecule has 0 aliphatic heterocycles. The molecule has 1 amide bonds. The first-order valence-electron chi connectivity index (χ1n) is 6.21. The molecule has 0 aliphatic rings. The third-order valence-electron chi connectivity index (χ3n) is 3.04. The van der Waals surface area contributed by atoms with Gasteiger partial charge in [-0.05, 0) is 31.6 Å². The van der Waals surface area contributed by atoms with Gasteiger partial charge in [-0.25, -0.2) is 0 Å². The summed E-state index contributed by atoms with van der Waals surface area (Å²) in [6.45, 7) is 1.69. The van der Waals surface area contributed by atoms with Crippen molar-refractivity contribution in [3.8, 4) is 0 Å². The van der Waals surface area contributed by atoms with E-state index < -0.39 is 10.8 Å². The molecule has 2 atom stereocenters. The van der Waals surface area contributed by atoms with Crippen LogP contribution in [0.2, 0.25) is 0 Å². The van der Waals surface area contributed by atoms with Crippen LogP contribution in [0.1, 0.15) is 17.3 Å². The molecule has 116 valence electrons. The third-order valence-corrected chi connectivity index (χ3v) is 4.93. The van der Waals surface area contributed by atoms with E-state index in [1.54, 1.807) is 13.0 Å². The number of carbonyl (C=O) groups excluding carboxylic acids is 1. The van der Waals surface area contributed by atoms with Crippen molar-refractivity contribution in [2.24, 2.45) is 0 Å². The van der Waals surface area contributed by atoms with E-state index in [0.717, 1.165) is 4.90 Å². The summed E-state index contributed by atoms with van der Waals surface area (Å²) in [7, 11) is 0. The molecule has 1 rings (SSSR count). The van der Waals surface area contributed by atoms with Crippen molar-refractivity contribution >= 4 is 35.1 Å². The van der Waals surface area contributed by atoms with Gasteiger partial charge in [0, 0.05) is 22.3 Å². The predicted molar refractivity (Wildman–Crippen MR) is 86.2 cm³/mol. The fourth-order valence-electron chi connectivity index (χ4n) is 1.80. The Morgan fingerprint density at radius 1 is 1.48 bits per heavy atom. The number of amides is 1. The van der Waals surface area contributed by atoms with E-state index in [-0.39, 0.29) is 29.1 Å². The van der Waals surface area contributed by atoms with Crippen LogP contribution in [-0.4, -0.2) is 46.3 Å². The first-order valence-corrected chi connectivity index (χ1v) is 8.72. The zero-order chi connectivity index (χ0) is 16.0. The largest absolute Gasteiger partial charge is 0.395 e. The van der Waals surface area contributed by atoms with Crippen LogP contribution < -0.4 is 5.32 Å². The van der Waals surface area contributed by atoms with Crippen LogP contribution >= 0.6 is 23.5 Å². The highest BCUT2D eigenvalue weighted by Gasteiger charge is 2.24. The minimum Gasteiger partial charge on any atom is -0.395 e. The van der Waals surface area contributed by atoms with Crippen molar-refractivity contribution in [3.63, 3.8) is 0 Å². The van der Waals surface area contributed by atoms with Crippen LogP contribution in [0.5, 0.6) is 0 Å². The van der Waals surface area contributed by atoms with Gasteiger partial charge < -0.3 is 10.4 Å². The first-order chi connectivity index (χ1) is 9.94. The van der Waals surface area contributed by atoms with E-state index in [1.807, 2.05) is 12.5 Å². The quantitative estimate of drug-likeness (QED) is 0.452. The highest BCUT2D eigenvalue weighted by molar-refractivity contribution is 7.99. The van der Waals surface area contributed by atoms with E-state index in [9.17, 15) is 20.0 Å². The van der Waals surface area contributed by atoms with Crippen molar-refractivity contribution in [3.05, 3.63) is 33.9 Å². The maximum absolute atomic E-state index is 12.3. The van der Waals surface area contributed by atoms with Crippen molar-refractivity contribution in [2.75, 3.05) is 19.1 Å². The van der Waals surface area contributed by atoms with E-state index >= 15 is 0 Å². The maximum Gasteiger partial charge on any atom is 0.282 e. The average Bonchev–Trinajstić information content (AvgIpc) is 2.47. The Morgan fingerprint density at radius 2 is 2.14 bits per heavy atom. The molecule has 0 heterocycles. The number of nitrogens with one attached hydrogen (secondary N) is 1. The molecule has 0 saturated heterocycles. The predicted octanol–water partition coefficient (Wildman–Crippen LogP) is 2.16. The van der Waals surface area contributed by atoms with Gasteiger partial charge in [-0.1, -0.05) is 0 Å². The monoisotopic (exact) mass is 330 g/mol. The van der Waals surface area contributed by atoms with Gasteiger partial charge in [0.1, 0.15) is 5.56 Å². The number of hydrogen-bond acceptors (Lipinski definition) is 6. The van der Waals surface area contributed by atoms with Crippen molar-refractivity contribution in [1.29, 1.82) is 0 Å². The molecule has 0 aromatic heterocycles. The summed E-state index contributed by atoms with van der Waals surface area (Å²) in [6.07, 6.45) is 3.67. The zero-order valence-electron chi connectivity index (χ0n) is 12.0. The Morgan fingerprint density at radius 3 is 2.62 bits per heavy atom.